The molecule has 1 saturated heterocycles. The number of hydrogen-bond acceptors (Lipinski definition) is 3. The molecule has 5 heteroatoms. The lowest BCUT2D eigenvalue weighted by molar-refractivity contribution is -0.137. The van der Waals surface area contributed by atoms with E-state index in [0.717, 1.165) is 11.3 Å². The number of rotatable bonds is 4. The lowest BCUT2D eigenvalue weighted by atomic mass is 10.0. The van der Waals surface area contributed by atoms with Crippen LogP contribution in [-0.2, 0) is 11.2 Å². The molecule has 1 atom stereocenters. The van der Waals surface area contributed by atoms with Gasteiger partial charge >= 0.3 is 0 Å². The van der Waals surface area contributed by atoms with Gasteiger partial charge in [-0.3, -0.25) is 4.79 Å². The third-order valence-corrected chi connectivity index (χ3v) is 4.21. The molecule has 3 nitrogen and oxygen atoms in total. The van der Waals surface area contributed by atoms with Crippen LogP contribution in [0, 0.1) is 5.82 Å². The van der Waals surface area contributed by atoms with E-state index >= 15 is 0 Å². The average Bonchev–Trinajstić information content (AvgIpc) is 2.80. The molecule has 2 rings (SSSR count). The molecule has 0 radical (unpaired) electrons. The Morgan fingerprint density at radius 3 is 2.78 bits per heavy atom. The van der Waals surface area contributed by atoms with Crippen molar-refractivity contribution in [2.24, 2.45) is 0 Å². The Hall–Kier alpha value is -1.07. The van der Waals surface area contributed by atoms with Crippen molar-refractivity contribution in [1.29, 1.82) is 0 Å². The molecule has 0 spiro atoms. The topological polar surface area (TPSA) is 49.3 Å². The molecular formula is C13H16FNO2S. The average molecular weight is 269 g/mol. The van der Waals surface area contributed by atoms with E-state index in [9.17, 15) is 14.3 Å². The van der Waals surface area contributed by atoms with Gasteiger partial charge in [-0.25, -0.2) is 4.39 Å². The van der Waals surface area contributed by atoms with Crippen molar-refractivity contribution in [3.8, 4) is 0 Å². The van der Waals surface area contributed by atoms with Crippen molar-refractivity contribution in [2.45, 2.75) is 18.4 Å². The van der Waals surface area contributed by atoms with Crippen molar-refractivity contribution in [2.75, 3.05) is 18.1 Å². The van der Waals surface area contributed by atoms with Crippen LogP contribution >= 0.6 is 11.8 Å². The molecule has 0 bridgehead atoms. The highest BCUT2D eigenvalue weighted by Gasteiger charge is 2.39. The minimum atomic E-state index is -1.20. The largest absolute Gasteiger partial charge is 0.379 e. The van der Waals surface area contributed by atoms with E-state index in [1.54, 1.807) is 23.9 Å². The summed E-state index contributed by atoms with van der Waals surface area (Å²) in [6.45, 7) is 0.456. The van der Waals surface area contributed by atoms with Gasteiger partial charge in [-0.15, -0.1) is 0 Å². The zero-order valence-corrected chi connectivity index (χ0v) is 10.8. The maximum atomic E-state index is 12.7. The first-order valence-electron chi connectivity index (χ1n) is 5.93. The van der Waals surface area contributed by atoms with Gasteiger partial charge in [0.1, 0.15) is 5.82 Å². The van der Waals surface area contributed by atoms with Gasteiger partial charge in [-0.05, 0) is 36.3 Å². The Bertz CT molecular complexity index is 416. The Morgan fingerprint density at radius 1 is 1.44 bits per heavy atom. The minimum Gasteiger partial charge on any atom is -0.379 e. The molecule has 2 N–H and O–H groups in total. The molecule has 1 amide bonds. The number of aliphatic hydroxyl groups is 1. The summed E-state index contributed by atoms with van der Waals surface area (Å²) in [4.78, 5) is 11.8. The van der Waals surface area contributed by atoms with Crippen molar-refractivity contribution < 1.29 is 14.3 Å². The number of carbonyl (C=O) groups excluding carboxylic acids is 1. The van der Waals surface area contributed by atoms with Crippen LogP contribution in [0.25, 0.3) is 0 Å². The summed E-state index contributed by atoms with van der Waals surface area (Å²) in [6, 6.07) is 6.19. The van der Waals surface area contributed by atoms with E-state index in [2.05, 4.69) is 5.32 Å². The van der Waals surface area contributed by atoms with E-state index in [-0.39, 0.29) is 11.7 Å². The van der Waals surface area contributed by atoms with Crippen molar-refractivity contribution in [3.63, 3.8) is 0 Å². The fourth-order valence-electron chi connectivity index (χ4n) is 1.87. The predicted molar refractivity (Wildman–Crippen MR) is 70.0 cm³/mol. The maximum absolute atomic E-state index is 12.7. The summed E-state index contributed by atoms with van der Waals surface area (Å²) >= 11 is 1.59. The van der Waals surface area contributed by atoms with Gasteiger partial charge in [0.05, 0.1) is 0 Å². The third-order valence-electron chi connectivity index (χ3n) is 3.04. The lowest BCUT2D eigenvalue weighted by Crippen LogP contribution is -2.47. The van der Waals surface area contributed by atoms with E-state index < -0.39 is 5.60 Å². The van der Waals surface area contributed by atoms with Gasteiger partial charge in [-0.2, -0.15) is 11.8 Å². The number of thioether (sulfide) groups is 1. The molecule has 1 aromatic rings. The van der Waals surface area contributed by atoms with Crippen LogP contribution in [0.2, 0.25) is 0 Å². The molecule has 18 heavy (non-hydrogen) atoms. The lowest BCUT2D eigenvalue weighted by Gasteiger charge is -2.20. The summed E-state index contributed by atoms with van der Waals surface area (Å²) in [5, 5.41) is 12.7. The zero-order valence-electron chi connectivity index (χ0n) is 9.99. The van der Waals surface area contributed by atoms with Crippen LogP contribution in [0.3, 0.4) is 0 Å². The summed E-state index contributed by atoms with van der Waals surface area (Å²) in [6.07, 6.45) is 1.15. The van der Waals surface area contributed by atoms with Crippen LogP contribution in [0.1, 0.15) is 12.0 Å². The minimum absolute atomic E-state index is 0.264. The third kappa shape index (κ3) is 3.23. The van der Waals surface area contributed by atoms with E-state index in [1.165, 1.54) is 12.1 Å². The number of amides is 1. The highest BCUT2D eigenvalue weighted by Crippen LogP contribution is 2.27. The fraction of sp³-hybridized carbons (Fsp3) is 0.462. The molecule has 1 unspecified atom stereocenters. The second-order valence-electron chi connectivity index (χ2n) is 4.47. The fourth-order valence-corrected chi connectivity index (χ4v) is 3.11. The van der Waals surface area contributed by atoms with Crippen LogP contribution in [0.15, 0.2) is 24.3 Å². The normalized spacial score (nSPS) is 23.0. The van der Waals surface area contributed by atoms with Crippen LogP contribution in [0.5, 0.6) is 0 Å². The Balaban J connectivity index is 1.78. The zero-order chi connectivity index (χ0) is 13.0. The van der Waals surface area contributed by atoms with Gasteiger partial charge in [0, 0.05) is 12.3 Å². The number of benzene rings is 1. The van der Waals surface area contributed by atoms with E-state index in [1.807, 2.05) is 0 Å². The smallest absolute Gasteiger partial charge is 0.252 e. The summed E-state index contributed by atoms with van der Waals surface area (Å²) in [7, 11) is 0. The molecule has 1 heterocycles. The standard InChI is InChI=1S/C13H16FNO2S/c14-11-3-1-10(2-4-11)5-7-15-12(16)13(17)6-8-18-9-13/h1-4,17H,5-9H2,(H,15,16). The number of carbonyl (C=O) groups is 1. The quantitative estimate of drug-likeness (QED) is 0.867. The molecular weight excluding hydrogens is 253 g/mol. The number of hydrogen-bond donors (Lipinski definition) is 2. The Labute approximate surface area is 110 Å². The van der Waals surface area contributed by atoms with Crippen molar-refractivity contribution >= 4 is 17.7 Å². The van der Waals surface area contributed by atoms with Gasteiger partial charge in [0.15, 0.2) is 5.60 Å². The van der Waals surface area contributed by atoms with Crippen LogP contribution < -0.4 is 5.32 Å². The van der Waals surface area contributed by atoms with E-state index in [4.69, 9.17) is 0 Å². The first kappa shape index (κ1) is 13.4. The molecule has 0 aromatic heterocycles. The highest BCUT2D eigenvalue weighted by atomic mass is 32.2. The SMILES string of the molecule is O=C(NCCc1ccc(F)cc1)C1(O)CCSC1. The maximum Gasteiger partial charge on any atom is 0.252 e. The van der Waals surface area contributed by atoms with Gasteiger partial charge in [0.25, 0.3) is 5.91 Å². The second-order valence-corrected chi connectivity index (χ2v) is 5.57. The highest BCUT2D eigenvalue weighted by molar-refractivity contribution is 7.99. The summed E-state index contributed by atoms with van der Waals surface area (Å²) in [5.41, 5.74) is -0.238. The Kier molecular flexibility index (Phi) is 4.24. The van der Waals surface area contributed by atoms with Crippen LogP contribution in [-0.4, -0.2) is 34.7 Å². The van der Waals surface area contributed by atoms with Crippen molar-refractivity contribution in [3.05, 3.63) is 35.6 Å². The summed E-state index contributed by atoms with van der Waals surface area (Å²) < 4.78 is 12.7. The molecule has 0 aliphatic carbocycles. The first-order valence-corrected chi connectivity index (χ1v) is 7.08. The van der Waals surface area contributed by atoms with Crippen LogP contribution in [0.4, 0.5) is 4.39 Å². The first-order chi connectivity index (χ1) is 8.60. The number of halogens is 1. The molecule has 1 aliphatic heterocycles. The molecule has 98 valence electrons. The second kappa shape index (κ2) is 5.71. The van der Waals surface area contributed by atoms with Gasteiger partial charge in [0.2, 0.25) is 0 Å². The van der Waals surface area contributed by atoms with Gasteiger partial charge in [-0.1, -0.05) is 12.1 Å². The summed E-state index contributed by atoms with van der Waals surface area (Å²) in [5.74, 6) is 0.728. The Morgan fingerprint density at radius 2 is 2.17 bits per heavy atom. The monoisotopic (exact) mass is 269 g/mol. The molecule has 1 fully saturated rings. The van der Waals surface area contributed by atoms with E-state index in [0.29, 0.717) is 25.1 Å². The van der Waals surface area contributed by atoms with Crippen molar-refractivity contribution in [1.82, 2.24) is 5.32 Å². The number of nitrogens with one attached hydrogen (secondary N) is 1. The molecule has 0 saturated carbocycles. The molecule has 1 aromatic carbocycles. The molecule has 1 aliphatic rings. The predicted octanol–water partition coefficient (Wildman–Crippen LogP) is 1.35. The van der Waals surface area contributed by atoms with Gasteiger partial charge < -0.3 is 10.4 Å².